The molecule has 0 spiro atoms. The topological polar surface area (TPSA) is 50.5 Å². The third-order valence-corrected chi connectivity index (χ3v) is 5.52. The smallest absolute Gasteiger partial charge is 0.253 e. The van der Waals surface area contributed by atoms with Crippen molar-refractivity contribution < 1.29 is 4.79 Å². The normalized spacial score (nSPS) is 11.2. The van der Waals surface area contributed by atoms with E-state index < -0.39 is 0 Å². The van der Waals surface area contributed by atoms with E-state index in [4.69, 9.17) is 0 Å². The first-order valence-corrected chi connectivity index (χ1v) is 9.70. The Morgan fingerprint density at radius 1 is 1.07 bits per heavy atom. The highest BCUT2D eigenvalue weighted by molar-refractivity contribution is 7.98. The number of fused-ring (bicyclic) bond motifs is 3. The van der Waals surface area contributed by atoms with Gasteiger partial charge in [0.15, 0.2) is 10.8 Å². The summed E-state index contributed by atoms with van der Waals surface area (Å²) < 4.78 is 2.10. The van der Waals surface area contributed by atoms with Crippen LogP contribution in [-0.4, -0.2) is 39.5 Å². The lowest BCUT2D eigenvalue weighted by Gasteiger charge is -2.11. The van der Waals surface area contributed by atoms with E-state index in [1.54, 1.807) is 30.8 Å². The van der Waals surface area contributed by atoms with Crippen LogP contribution in [0.25, 0.3) is 16.6 Å². The molecular formula is C21H20N4OS. The minimum atomic E-state index is 0.0104. The van der Waals surface area contributed by atoms with Crippen molar-refractivity contribution in [2.75, 3.05) is 14.1 Å². The summed E-state index contributed by atoms with van der Waals surface area (Å²) in [5, 5.41) is 10.8. The minimum Gasteiger partial charge on any atom is -0.345 e. The van der Waals surface area contributed by atoms with Crippen LogP contribution in [0, 0.1) is 6.92 Å². The molecule has 0 saturated carbocycles. The monoisotopic (exact) mass is 376 g/mol. The van der Waals surface area contributed by atoms with Crippen molar-refractivity contribution >= 4 is 34.2 Å². The second-order valence-corrected chi connectivity index (χ2v) is 7.65. The van der Waals surface area contributed by atoms with Gasteiger partial charge in [0.05, 0.1) is 5.52 Å². The standard InChI is InChI=1S/C21H20N4OS/c1-14-11-19-22-23-21(25(19)18-10-5-4-9-17(14)18)27-13-15-7-6-8-16(12-15)20(26)24(2)3/h4-12H,13H2,1-3H3. The van der Waals surface area contributed by atoms with Crippen LogP contribution in [0.1, 0.15) is 21.5 Å². The minimum absolute atomic E-state index is 0.0104. The molecule has 0 unspecified atom stereocenters. The van der Waals surface area contributed by atoms with Gasteiger partial charge >= 0.3 is 0 Å². The van der Waals surface area contributed by atoms with Crippen molar-refractivity contribution in [1.82, 2.24) is 19.5 Å². The summed E-state index contributed by atoms with van der Waals surface area (Å²) in [4.78, 5) is 13.8. The van der Waals surface area contributed by atoms with E-state index in [9.17, 15) is 4.79 Å². The van der Waals surface area contributed by atoms with Crippen LogP contribution < -0.4 is 0 Å². The summed E-state index contributed by atoms with van der Waals surface area (Å²) in [5.74, 6) is 0.730. The third-order valence-electron chi connectivity index (χ3n) is 4.52. The lowest BCUT2D eigenvalue weighted by Crippen LogP contribution is -2.21. The molecule has 2 aromatic carbocycles. The van der Waals surface area contributed by atoms with Crippen LogP contribution in [0.15, 0.2) is 59.8 Å². The molecule has 136 valence electrons. The van der Waals surface area contributed by atoms with Crippen molar-refractivity contribution in [3.05, 3.63) is 71.3 Å². The van der Waals surface area contributed by atoms with Gasteiger partial charge in [-0.1, -0.05) is 42.1 Å². The molecule has 0 aliphatic rings. The van der Waals surface area contributed by atoms with Gasteiger partial charge in [-0.2, -0.15) is 0 Å². The van der Waals surface area contributed by atoms with E-state index in [1.807, 2.05) is 36.4 Å². The number of para-hydroxylation sites is 1. The number of amides is 1. The van der Waals surface area contributed by atoms with Gasteiger partial charge < -0.3 is 4.90 Å². The molecular weight excluding hydrogens is 356 g/mol. The van der Waals surface area contributed by atoms with Gasteiger partial charge in [0.2, 0.25) is 0 Å². The number of aromatic nitrogens is 3. The molecule has 0 fully saturated rings. The summed E-state index contributed by atoms with van der Waals surface area (Å²) >= 11 is 1.62. The molecule has 2 aromatic heterocycles. The number of carbonyl (C=O) groups is 1. The van der Waals surface area contributed by atoms with Crippen molar-refractivity contribution in [2.45, 2.75) is 17.8 Å². The first kappa shape index (κ1) is 17.5. The zero-order valence-corrected chi connectivity index (χ0v) is 16.3. The second-order valence-electron chi connectivity index (χ2n) is 6.71. The Balaban J connectivity index is 1.66. The quantitative estimate of drug-likeness (QED) is 0.501. The fraction of sp³-hybridized carbons (Fsp3) is 0.190. The van der Waals surface area contributed by atoms with Crippen molar-refractivity contribution in [3.63, 3.8) is 0 Å². The average Bonchev–Trinajstić information content (AvgIpc) is 3.09. The van der Waals surface area contributed by atoms with E-state index in [0.717, 1.165) is 27.6 Å². The predicted octanol–water partition coefficient (Wildman–Crippen LogP) is 4.19. The Morgan fingerprint density at radius 3 is 2.70 bits per heavy atom. The van der Waals surface area contributed by atoms with Gasteiger partial charge in [-0.05, 0) is 42.3 Å². The molecule has 4 aromatic rings. The number of carbonyl (C=O) groups excluding carboxylic acids is 1. The molecule has 0 aliphatic heterocycles. The largest absolute Gasteiger partial charge is 0.345 e. The van der Waals surface area contributed by atoms with Gasteiger partial charge in [0, 0.05) is 30.8 Å². The van der Waals surface area contributed by atoms with Gasteiger partial charge in [0.25, 0.3) is 5.91 Å². The summed E-state index contributed by atoms with van der Waals surface area (Å²) in [6.45, 7) is 2.09. The Morgan fingerprint density at radius 2 is 1.89 bits per heavy atom. The van der Waals surface area contributed by atoms with Gasteiger partial charge in [-0.15, -0.1) is 10.2 Å². The van der Waals surface area contributed by atoms with Gasteiger partial charge in [0.1, 0.15) is 0 Å². The fourth-order valence-electron chi connectivity index (χ4n) is 3.17. The number of pyridine rings is 1. The molecule has 6 heteroatoms. The number of benzene rings is 2. The second kappa shape index (κ2) is 7.04. The fourth-order valence-corrected chi connectivity index (χ4v) is 4.06. The number of nitrogens with zero attached hydrogens (tertiary/aromatic N) is 4. The zero-order chi connectivity index (χ0) is 19.0. The molecule has 27 heavy (non-hydrogen) atoms. The molecule has 0 radical (unpaired) electrons. The van der Waals surface area contributed by atoms with Crippen LogP contribution in [0.2, 0.25) is 0 Å². The summed E-state index contributed by atoms with van der Waals surface area (Å²) in [6.07, 6.45) is 0. The maximum Gasteiger partial charge on any atom is 0.253 e. The number of hydrogen-bond donors (Lipinski definition) is 0. The Kier molecular flexibility index (Phi) is 4.58. The number of rotatable bonds is 4. The molecule has 0 atom stereocenters. The highest BCUT2D eigenvalue weighted by Gasteiger charge is 2.12. The van der Waals surface area contributed by atoms with Gasteiger partial charge in [-0.3, -0.25) is 9.20 Å². The SMILES string of the molecule is Cc1cc2nnc(SCc3cccc(C(=O)N(C)C)c3)n2c2ccccc12. The maximum atomic E-state index is 12.2. The summed E-state index contributed by atoms with van der Waals surface area (Å²) in [5.41, 5.74) is 4.94. The highest BCUT2D eigenvalue weighted by atomic mass is 32.2. The highest BCUT2D eigenvalue weighted by Crippen LogP contribution is 2.27. The van der Waals surface area contributed by atoms with E-state index in [2.05, 4.69) is 39.7 Å². The van der Waals surface area contributed by atoms with E-state index >= 15 is 0 Å². The molecule has 5 nitrogen and oxygen atoms in total. The van der Waals surface area contributed by atoms with E-state index in [-0.39, 0.29) is 5.91 Å². The van der Waals surface area contributed by atoms with Crippen molar-refractivity contribution in [2.24, 2.45) is 0 Å². The molecule has 0 aliphatic carbocycles. The summed E-state index contributed by atoms with van der Waals surface area (Å²) in [6, 6.07) is 18.1. The molecule has 0 saturated heterocycles. The van der Waals surface area contributed by atoms with Crippen LogP contribution in [0.5, 0.6) is 0 Å². The first-order valence-electron chi connectivity index (χ1n) is 8.71. The van der Waals surface area contributed by atoms with Gasteiger partial charge in [-0.25, -0.2) is 0 Å². The Hall–Kier alpha value is -2.86. The summed E-state index contributed by atoms with van der Waals surface area (Å²) in [7, 11) is 3.53. The number of hydrogen-bond acceptors (Lipinski definition) is 4. The van der Waals surface area contributed by atoms with Crippen LogP contribution in [0.3, 0.4) is 0 Å². The molecule has 0 N–H and O–H groups in total. The molecule has 1 amide bonds. The van der Waals surface area contributed by atoms with Crippen LogP contribution in [-0.2, 0) is 5.75 Å². The zero-order valence-electron chi connectivity index (χ0n) is 15.5. The maximum absolute atomic E-state index is 12.2. The van der Waals surface area contributed by atoms with E-state index in [1.165, 1.54) is 10.9 Å². The Bertz CT molecular complexity index is 1150. The molecule has 2 heterocycles. The number of aryl methyl sites for hydroxylation is 1. The number of thioether (sulfide) groups is 1. The van der Waals surface area contributed by atoms with E-state index in [0.29, 0.717) is 5.56 Å². The first-order chi connectivity index (χ1) is 13.0. The third kappa shape index (κ3) is 3.28. The Labute approximate surface area is 162 Å². The van der Waals surface area contributed by atoms with Crippen LogP contribution in [0.4, 0.5) is 0 Å². The predicted molar refractivity (Wildman–Crippen MR) is 109 cm³/mol. The average molecular weight is 376 g/mol. The van der Waals surface area contributed by atoms with Crippen molar-refractivity contribution in [1.29, 1.82) is 0 Å². The molecule has 4 rings (SSSR count). The lowest BCUT2D eigenvalue weighted by molar-refractivity contribution is 0.0827. The molecule has 0 bridgehead atoms. The lowest BCUT2D eigenvalue weighted by atomic mass is 10.1. The van der Waals surface area contributed by atoms with Crippen LogP contribution >= 0.6 is 11.8 Å². The van der Waals surface area contributed by atoms with Crippen molar-refractivity contribution in [3.8, 4) is 0 Å².